The molecule has 112 valence electrons. The lowest BCUT2D eigenvalue weighted by Crippen LogP contribution is -2.59. The van der Waals surface area contributed by atoms with Crippen molar-refractivity contribution in [2.24, 2.45) is 0 Å². The van der Waals surface area contributed by atoms with Crippen LogP contribution in [0.15, 0.2) is 18.2 Å². The highest BCUT2D eigenvalue weighted by Crippen LogP contribution is 2.43. The van der Waals surface area contributed by atoms with Crippen LogP contribution in [-0.4, -0.2) is 51.1 Å². The molecule has 0 saturated carbocycles. The Morgan fingerprint density at radius 1 is 1.35 bits per heavy atom. The van der Waals surface area contributed by atoms with Crippen LogP contribution in [0.1, 0.15) is 18.4 Å². The molecular formula is C13H18O7. The highest BCUT2D eigenvalue weighted by Gasteiger charge is 2.55. The number of ether oxygens (including phenoxy) is 2. The maximum atomic E-state index is 10.5. The van der Waals surface area contributed by atoms with Gasteiger partial charge in [0.15, 0.2) is 11.5 Å². The number of benzene rings is 1. The molecule has 0 unspecified atom stereocenters. The second-order valence-corrected chi connectivity index (χ2v) is 4.81. The molecule has 2 rings (SSSR count). The molecule has 0 aromatic heterocycles. The van der Waals surface area contributed by atoms with E-state index in [1.54, 1.807) is 0 Å². The van der Waals surface area contributed by atoms with Crippen LogP contribution >= 0.6 is 0 Å². The standard InChI is InChI=1S/C13H18O7/c1-19-11-3-2-8(6-10(11)15)13(18)12(16,17)5-4-9(7-14)20-13/h2-3,6,9,14-18H,4-5,7H2,1H3/t9-,13-/m1/s1. The van der Waals surface area contributed by atoms with Gasteiger partial charge in [-0.1, -0.05) is 0 Å². The van der Waals surface area contributed by atoms with Gasteiger partial charge >= 0.3 is 0 Å². The van der Waals surface area contributed by atoms with Crippen LogP contribution in [-0.2, 0) is 10.5 Å². The van der Waals surface area contributed by atoms with Crippen LogP contribution in [0.3, 0.4) is 0 Å². The molecule has 7 nitrogen and oxygen atoms in total. The van der Waals surface area contributed by atoms with Crippen molar-refractivity contribution >= 4 is 0 Å². The molecule has 0 radical (unpaired) electrons. The van der Waals surface area contributed by atoms with Gasteiger partial charge in [0.2, 0.25) is 11.6 Å². The van der Waals surface area contributed by atoms with Crippen molar-refractivity contribution in [2.75, 3.05) is 13.7 Å². The molecule has 7 heteroatoms. The van der Waals surface area contributed by atoms with Crippen molar-refractivity contribution in [2.45, 2.75) is 30.5 Å². The molecule has 1 aliphatic heterocycles. The lowest BCUT2D eigenvalue weighted by atomic mass is 9.88. The largest absolute Gasteiger partial charge is 0.504 e. The summed E-state index contributed by atoms with van der Waals surface area (Å²) in [6.45, 7) is -0.361. The number of methoxy groups -OCH3 is 1. The zero-order valence-electron chi connectivity index (χ0n) is 11.0. The fourth-order valence-electron chi connectivity index (χ4n) is 2.25. The first-order valence-electron chi connectivity index (χ1n) is 6.17. The van der Waals surface area contributed by atoms with E-state index < -0.39 is 17.7 Å². The van der Waals surface area contributed by atoms with E-state index in [4.69, 9.17) is 14.6 Å². The topological polar surface area (TPSA) is 120 Å². The van der Waals surface area contributed by atoms with Gasteiger partial charge in [-0.3, -0.25) is 0 Å². The Balaban J connectivity index is 2.42. The second-order valence-electron chi connectivity index (χ2n) is 4.81. The van der Waals surface area contributed by atoms with Crippen LogP contribution in [0.25, 0.3) is 0 Å². The first-order valence-corrected chi connectivity index (χ1v) is 6.17. The van der Waals surface area contributed by atoms with Gasteiger partial charge in [0.1, 0.15) is 0 Å². The minimum Gasteiger partial charge on any atom is -0.504 e. The van der Waals surface area contributed by atoms with Crippen molar-refractivity contribution in [1.82, 2.24) is 0 Å². The first-order chi connectivity index (χ1) is 9.34. The summed E-state index contributed by atoms with van der Waals surface area (Å²) in [6.07, 6.45) is -0.716. The summed E-state index contributed by atoms with van der Waals surface area (Å²) in [7, 11) is 1.37. The van der Waals surface area contributed by atoms with Crippen molar-refractivity contribution < 1.29 is 35.0 Å². The number of phenolic OH excluding ortho intramolecular Hbond substituents is 1. The van der Waals surface area contributed by atoms with E-state index in [1.165, 1.54) is 19.2 Å². The second kappa shape index (κ2) is 5.19. The van der Waals surface area contributed by atoms with Crippen LogP contribution in [0.4, 0.5) is 0 Å². The highest BCUT2D eigenvalue weighted by molar-refractivity contribution is 5.43. The molecule has 1 aliphatic rings. The number of aromatic hydroxyl groups is 1. The number of hydrogen-bond acceptors (Lipinski definition) is 7. The molecule has 0 spiro atoms. The number of phenols is 1. The molecule has 20 heavy (non-hydrogen) atoms. The minimum atomic E-state index is -2.53. The Morgan fingerprint density at radius 2 is 2.05 bits per heavy atom. The third kappa shape index (κ3) is 2.34. The van der Waals surface area contributed by atoms with Crippen molar-refractivity contribution in [1.29, 1.82) is 0 Å². The van der Waals surface area contributed by atoms with Crippen molar-refractivity contribution in [3.8, 4) is 11.5 Å². The molecule has 1 heterocycles. The van der Waals surface area contributed by atoms with E-state index in [2.05, 4.69) is 0 Å². The fraction of sp³-hybridized carbons (Fsp3) is 0.538. The Morgan fingerprint density at radius 3 is 2.60 bits per heavy atom. The molecule has 1 aromatic carbocycles. The minimum absolute atomic E-state index is 0.0426. The van der Waals surface area contributed by atoms with Crippen LogP contribution in [0, 0.1) is 0 Å². The predicted octanol–water partition coefficient (Wildman–Crippen LogP) is -0.602. The van der Waals surface area contributed by atoms with Crippen molar-refractivity contribution in [3.05, 3.63) is 23.8 Å². The maximum Gasteiger partial charge on any atom is 0.248 e. The van der Waals surface area contributed by atoms with Crippen LogP contribution < -0.4 is 4.74 Å². The summed E-state index contributed by atoms with van der Waals surface area (Å²) in [5.41, 5.74) is -0.0426. The summed E-state index contributed by atoms with van der Waals surface area (Å²) < 4.78 is 10.1. The first kappa shape index (κ1) is 15.0. The van der Waals surface area contributed by atoms with Gasteiger partial charge < -0.3 is 35.0 Å². The molecule has 0 amide bonds. The third-order valence-electron chi connectivity index (χ3n) is 3.47. The smallest absolute Gasteiger partial charge is 0.248 e. The normalized spacial score (nSPS) is 29.1. The monoisotopic (exact) mass is 286 g/mol. The number of rotatable bonds is 3. The Bertz CT molecular complexity index is 488. The zero-order chi connectivity index (χ0) is 15.0. The van der Waals surface area contributed by atoms with Gasteiger partial charge in [0, 0.05) is 12.0 Å². The summed E-state index contributed by atoms with van der Waals surface area (Å²) in [4.78, 5) is 0. The quantitative estimate of drug-likeness (QED) is 0.470. The average Bonchev–Trinajstić information content (AvgIpc) is 2.41. The lowest BCUT2D eigenvalue weighted by molar-refractivity contribution is -0.416. The van der Waals surface area contributed by atoms with Gasteiger partial charge in [-0.25, -0.2) is 0 Å². The molecule has 0 bridgehead atoms. The zero-order valence-corrected chi connectivity index (χ0v) is 11.0. The van der Waals surface area contributed by atoms with Gasteiger partial charge in [0.05, 0.1) is 19.8 Å². The predicted molar refractivity (Wildman–Crippen MR) is 66.9 cm³/mol. The Labute approximate surface area is 115 Å². The molecule has 5 N–H and O–H groups in total. The SMILES string of the molecule is COc1ccc([C@@]2(O)O[C@@H](CO)CCC2(O)O)cc1O. The van der Waals surface area contributed by atoms with Gasteiger partial charge in [-0.15, -0.1) is 0 Å². The van der Waals surface area contributed by atoms with E-state index in [-0.39, 0.29) is 36.5 Å². The van der Waals surface area contributed by atoms with Gasteiger partial charge in [-0.05, 0) is 24.6 Å². The van der Waals surface area contributed by atoms with Gasteiger partial charge in [-0.2, -0.15) is 0 Å². The summed E-state index contributed by atoms with van der Waals surface area (Å²) in [6, 6.07) is 3.84. The maximum absolute atomic E-state index is 10.5. The molecule has 0 aliphatic carbocycles. The van der Waals surface area contributed by atoms with E-state index in [1.807, 2.05) is 0 Å². The Kier molecular flexibility index (Phi) is 3.90. The Hall–Kier alpha value is -1.38. The van der Waals surface area contributed by atoms with E-state index in [0.29, 0.717) is 0 Å². The molecule has 1 aromatic rings. The van der Waals surface area contributed by atoms with Gasteiger partial charge in [0.25, 0.3) is 0 Å². The fourth-order valence-corrected chi connectivity index (χ4v) is 2.25. The summed E-state index contributed by atoms with van der Waals surface area (Å²) in [5.74, 6) is -5.07. The number of aliphatic hydroxyl groups is 4. The summed E-state index contributed by atoms with van der Waals surface area (Å²) >= 11 is 0. The number of aliphatic hydroxyl groups excluding tert-OH is 1. The van der Waals surface area contributed by atoms with Crippen LogP contribution in [0.5, 0.6) is 11.5 Å². The number of hydrogen-bond donors (Lipinski definition) is 5. The van der Waals surface area contributed by atoms with E-state index in [0.717, 1.165) is 6.07 Å². The third-order valence-corrected chi connectivity index (χ3v) is 3.47. The van der Waals surface area contributed by atoms with E-state index >= 15 is 0 Å². The highest BCUT2D eigenvalue weighted by atomic mass is 16.7. The molecule has 2 atom stereocenters. The molecule has 1 saturated heterocycles. The van der Waals surface area contributed by atoms with Crippen molar-refractivity contribution in [3.63, 3.8) is 0 Å². The lowest BCUT2D eigenvalue weighted by Gasteiger charge is -2.45. The molecular weight excluding hydrogens is 268 g/mol. The molecule has 1 fully saturated rings. The summed E-state index contributed by atoms with van der Waals surface area (Å²) in [5, 5.41) is 49.2. The van der Waals surface area contributed by atoms with Crippen LogP contribution in [0.2, 0.25) is 0 Å². The van der Waals surface area contributed by atoms with E-state index in [9.17, 15) is 20.4 Å². The average molecular weight is 286 g/mol.